The molecule has 0 aliphatic rings. The minimum atomic E-state index is 0.0682. The molecule has 1 unspecified atom stereocenters. The van der Waals surface area contributed by atoms with Crippen molar-refractivity contribution in [2.24, 2.45) is 0 Å². The Balaban J connectivity index is 2.40. The maximum absolute atomic E-state index is 6.14. The van der Waals surface area contributed by atoms with Crippen molar-refractivity contribution < 1.29 is 0 Å². The smallest absolute Gasteiger partial charge is 0.0715 e. The van der Waals surface area contributed by atoms with E-state index in [0.29, 0.717) is 0 Å². The summed E-state index contributed by atoms with van der Waals surface area (Å²) in [6, 6.07) is 7.85. The van der Waals surface area contributed by atoms with Crippen LogP contribution in [0.15, 0.2) is 30.5 Å². The maximum atomic E-state index is 6.14. The third-order valence-corrected chi connectivity index (χ3v) is 3.24. The molecule has 0 aliphatic carbocycles. The van der Waals surface area contributed by atoms with Crippen LogP contribution < -0.4 is 5.32 Å². The van der Waals surface area contributed by atoms with Gasteiger partial charge in [-0.15, -0.1) is 5.10 Å². The largest absolute Gasteiger partial charge is 0.309 e. The Kier molecular flexibility index (Phi) is 3.30. The molecule has 0 fully saturated rings. The van der Waals surface area contributed by atoms with Gasteiger partial charge in [0.15, 0.2) is 0 Å². The molecule has 1 N–H and O–H groups in total. The van der Waals surface area contributed by atoms with Crippen molar-refractivity contribution in [3.63, 3.8) is 0 Å². The lowest BCUT2D eigenvalue weighted by atomic mass is 10.1. The van der Waals surface area contributed by atoms with Crippen LogP contribution in [0.2, 0.25) is 5.02 Å². The molecule has 0 spiro atoms. The van der Waals surface area contributed by atoms with Crippen LogP contribution in [0.25, 0.3) is 0 Å². The second-order valence-corrected chi connectivity index (χ2v) is 4.29. The summed E-state index contributed by atoms with van der Waals surface area (Å²) in [7, 11) is 1.90. The molecule has 2 rings (SSSR count). The monoisotopic (exact) mass is 239 g/mol. The van der Waals surface area contributed by atoms with Crippen LogP contribution >= 0.6 is 23.1 Å². The van der Waals surface area contributed by atoms with Crippen molar-refractivity contribution in [2.45, 2.75) is 6.04 Å². The molecule has 1 aromatic carbocycles. The quantitative estimate of drug-likeness (QED) is 0.895. The number of nitrogens with zero attached hydrogens (tertiary/aromatic N) is 2. The summed E-state index contributed by atoms with van der Waals surface area (Å²) in [5, 5.41) is 7.79. The first-order valence-electron chi connectivity index (χ1n) is 4.52. The Morgan fingerprint density at radius 2 is 2.20 bits per heavy atom. The maximum Gasteiger partial charge on any atom is 0.0715 e. The fourth-order valence-electron chi connectivity index (χ4n) is 1.46. The zero-order chi connectivity index (χ0) is 10.7. The van der Waals surface area contributed by atoms with Gasteiger partial charge in [0.2, 0.25) is 0 Å². The Labute approximate surface area is 97.3 Å². The van der Waals surface area contributed by atoms with Crippen LogP contribution in [0.3, 0.4) is 0 Å². The predicted molar refractivity (Wildman–Crippen MR) is 62.3 cm³/mol. The van der Waals surface area contributed by atoms with Gasteiger partial charge in [0.25, 0.3) is 0 Å². The summed E-state index contributed by atoms with van der Waals surface area (Å²) >= 11 is 7.52. The molecule has 1 heterocycles. The molecular weight excluding hydrogens is 230 g/mol. The van der Waals surface area contributed by atoms with E-state index in [4.69, 9.17) is 11.6 Å². The fraction of sp³-hybridized carbons (Fsp3) is 0.200. The number of nitrogens with one attached hydrogen (secondary N) is 1. The van der Waals surface area contributed by atoms with Crippen molar-refractivity contribution in [1.29, 1.82) is 0 Å². The molecule has 0 aliphatic heterocycles. The molecule has 5 heteroatoms. The van der Waals surface area contributed by atoms with E-state index in [1.54, 1.807) is 6.20 Å². The van der Waals surface area contributed by atoms with E-state index in [2.05, 4.69) is 14.9 Å². The average molecular weight is 240 g/mol. The molecule has 78 valence electrons. The topological polar surface area (TPSA) is 37.8 Å². The van der Waals surface area contributed by atoms with E-state index >= 15 is 0 Å². The first-order chi connectivity index (χ1) is 7.33. The van der Waals surface area contributed by atoms with Crippen molar-refractivity contribution >= 4 is 23.1 Å². The third kappa shape index (κ3) is 2.17. The van der Waals surface area contributed by atoms with Gasteiger partial charge >= 0.3 is 0 Å². The molecule has 2 aromatic rings. The predicted octanol–water partition coefficient (Wildman–Crippen LogP) is 2.50. The van der Waals surface area contributed by atoms with Crippen molar-refractivity contribution in [3.8, 4) is 0 Å². The average Bonchev–Trinajstić information content (AvgIpc) is 2.75. The number of aromatic nitrogens is 2. The molecule has 0 amide bonds. The number of rotatable bonds is 3. The van der Waals surface area contributed by atoms with Crippen LogP contribution in [0.1, 0.15) is 16.5 Å². The molecular formula is C10H10ClN3S. The number of hydrogen-bond donors (Lipinski definition) is 1. The van der Waals surface area contributed by atoms with E-state index in [9.17, 15) is 0 Å². The summed E-state index contributed by atoms with van der Waals surface area (Å²) in [6.07, 6.45) is 1.76. The molecule has 1 aromatic heterocycles. The van der Waals surface area contributed by atoms with Crippen LogP contribution in [-0.2, 0) is 0 Å². The molecule has 0 saturated carbocycles. The summed E-state index contributed by atoms with van der Waals surface area (Å²) < 4.78 is 3.85. The zero-order valence-electron chi connectivity index (χ0n) is 8.14. The highest BCUT2D eigenvalue weighted by atomic mass is 35.5. The van der Waals surface area contributed by atoms with Gasteiger partial charge in [0.1, 0.15) is 0 Å². The Hall–Kier alpha value is -0.970. The highest BCUT2D eigenvalue weighted by Gasteiger charge is 2.16. The van der Waals surface area contributed by atoms with Gasteiger partial charge in [-0.25, -0.2) is 0 Å². The third-order valence-electron chi connectivity index (χ3n) is 2.17. The summed E-state index contributed by atoms with van der Waals surface area (Å²) in [5.41, 5.74) is 1.05. The van der Waals surface area contributed by atoms with Gasteiger partial charge in [0, 0.05) is 5.02 Å². The van der Waals surface area contributed by atoms with Gasteiger partial charge in [-0.2, -0.15) is 0 Å². The van der Waals surface area contributed by atoms with E-state index in [1.807, 2.05) is 31.3 Å². The normalized spacial score (nSPS) is 12.7. The first kappa shape index (κ1) is 10.5. The van der Waals surface area contributed by atoms with Crippen LogP contribution in [-0.4, -0.2) is 16.6 Å². The van der Waals surface area contributed by atoms with Crippen LogP contribution in [0, 0.1) is 0 Å². The van der Waals surface area contributed by atoms with Gasteiger partial charge in [-0.05, 0) is 30.2 Å². The standard InChI is InChI=1S/C10H10ClN3S/c1-12-10(9-6-13-14-15-9)7-4-2-3-5-8(7)11/h2-6,10,12H,1H3. The minimum absolute atomic E-state index is 0.0682. The zero-order valence-corrected chi connectivity index (χ0v) is 9.72. The molecule has 1 atom stereocenters. The van der Waals surface area contributed by atoms with Gasteiger partial charge in [0.05, 0.1) is 17.1 Å². The highest BCUT2D eigenvalue weighted by molar-refractivity contribution is 7.05. The Morgan fingerprint density at radius 1 is 1.40 bits per heavy atom. The van der Waals surface area contributed by atoms with Crippen molar-refractivity contribution in [2.75, 3.05) is 7.05 Å². The van der Waals surface area contributed by atoms with E-state index in [-0.39, 0.29) is 6.04 Å². The molecule has 3 nitrogen and oxygen atoms in total. The molecule has 0 saturated heterocycles. The van der Waals surface area contributed by atoms with Gasteiger partial charge < -0.3 is 5.32 Å². The lowest BCUT2D eigenvalue weighted by Crippen LogP contribution is -2.16. The van der Waals surface area contributed by atoms with Crippen LogP contribution in [0.5, 0.6) is 0 Å². The lowest BCUT2D eigenvalue weighted by molar-refractivity contribution is 0.702. The van der Waals surface area contributed by atoms with E-state index < -0.39 is 0 Å². The SMILES string of the molecule is CNC(c1cnns1)c1ccccc1Cl. The summed E-state index contributed by atoms with van der Waals surface area (Å²) in [6.45, 7) is 0. The lowest BCUT2D eigenvalue weighted by Gasteiger charge is -2.15. The minimum Gasteiger partial charge on any atom is -0.309 e. The van der Waals surface area contributed by atoms with E-state index in [0.717, 1.165) is 15.5 Å². The number of hydrogen-bond acceptors (Lipinski definition) is 4. The Bertz CT molecular complexity index is 430. The van der Waals surface area contributed by atoms with Gasteiger partial charge in [-0.3, -0.25) is 0 Å². The molecule has 0 radical (unpaired) electrons. The molecule has 15 heavy (non-hydrogen) atoms. The number of halogens is 1. The Morgan fingerprint density at radius 3 is 2.80 bits per heavy atom. The molecule has 0 bridgehead atoms. The highest BCUT2D eigenvalue weighted by Crippen LogP contribution is 2.28. The first-order valence-corrected chi connectivity index (χ1v) is 5.67. The summed E-state index contributed by atoms with van der Waals surface area (Å²) in [4.78, 5) is 1.06. The number of benzene rings is 1. The van der Waals surface area contributed by atoms with Crippen molar-refractivity contribution in [1.82, 2.24) is 14.9 Å². The summed E-state index contributed by atoms with van der Waals surface area (Å²) in [5.74, 6) is 0. The fourth-order valence-corrected chi connectivity index (χ4v) is 2.34. The van der Waals surface area contributed by atoms with Gasteiger partial charge in [-0.1, -0.05) is 34.3 Å². The van der Waals surface area contributed by atoms with Crippen LogP contribution in [0.4, 0.5) is 0 Å². The second-order valence-electron chi connectivity index (χ2n) is 3.06. The second kappa shape index (κ2) is 4.70. The van der Waals surface area contributed by atoms with E-state index in [1.165, 1.54) is 11.5 Å². The van der Waals surface area contributed by atoms with Crippen molar-refractivity contribution in [3.05, 3.63) is 45.9 Å².